The second kappa shape index (κ2) is 20.9. The van der Waals surface area contributed by atoms with Gasteiger partial charge in [-0.2, -0.15) is 0 Å². The highest BCUT2D eigenvalue weighted by molar-refractivity contribution is 6.05. The minimum absolute atomic E-state index is 0.151. The Bertz CT molecular complexity index is 2710. The first kappa shape index (κ1) is 46.4. The van der Waals surface area contributed by atoms with Gasteiger partial charge in [0.2, 0.25) is 47.3 Å². The molecule has 344 valence electrons. The molecule has 66 heavy (non-hydrogen) atoms. The third-order valence-corrected chi connectivity index (χ3v) is 11.3. The molecule has 0 radical (unpaired) electrons. The number of ether oxygens (including phenoxy) is 2. The summed E-state index contributed by atoms with van der Waals surface area (Å²) in [6.07, 6.45) is 7.55. The van der Waals surface area contributed by atoms with Gasteiger partial charge in [-0.05, 0) is 73.9 Å². The van der Waals surface area contributed by atoms with E-state index in [4.69, 9.17) is 28.5 Å². The molecule has 7 N–H and O–H groups in total. The van der Waals surface area contributed by atoms with E-state index in [9.17, 15) is 38.4 Å². The molecule has 3 aromatic carbocycles. The number of nitrogen functional groups attached to an aromatic ring is 1. The van der Waals surface area contributed by atoms with E-state index in [1.807, 2.05) is 0 Å². The SMILES string of the molecule is COCCC(=O)Nc1ccc2occ(C3CCC(=O)NC3=O)c2c1.COCCC(=O)Nc1ccc2occ(C3CCC(=O)NC3=O)c2c1.Nc1ccc2occ(C3CCC(=O)NC3=O)c2c1. The fourth-order valence-electron chi connectivity index (χ4n) is 7.94. The summed E-state index contributed by atoms with van der Waals surface area (Å²) in [5.74, 6) is -3.13. The summed E-state index contributed by atoms with van der Waals surface area (Å²) >= 11 is 0. The maximum Gasteiger partial charge on any atom is 0.234 e. The van der Waals surface area contributed by atoms with Crippen molar-refractivity contribution in [3.05, 3.63) is 90.1 Å². The van der Waals surface area contributed by atoms with Crippen LogP contribution in [0.1, 0.15) is 85.8 Å². The highest BCUT2D eigenvalue weighted by Gasteiger charge is 2.33. The van der Waals surface area contributed by atoms with Crippen LogP contribution in [0.3, 0.4) is 0 Å². The lowest BCUT2D eigenvalue weighted by atomic mass is 9.90. The van der Waals surface area contributed by atoms with Crippen LogP contribution in [0.25, 0.3) is 32.9 Å². The van der Waals surface area contributed by atoms with Crippen LogP contribution >= 0.6 is 0 Å². The molecule has 6 aromatic rings. The number of carbonyl (C=O) groups is 8. The second-order valence-electron chi connectivity index (χ2n) is 15.8. The van der Waals surface area contributed by atoms with Crippen LogP contribution in [-0.4, -0.2) is 74.7 Å². The fraction of sp³-hybridized carbons (Fsp3) is 0.319. The van der Waals surface area contributed by atoms with Crippen molar-refractivity contribution in [2.24, 2.45) is 0 Å². The van der Waals surface area contributed by atoms with Crippen molar-refractivity contribution in [2.75, 3.05) is 43.8 Å². The van der Waals surface area contributed by atoms with Gasteiger partial charge in [-0.25, -0.2) is 0 Å². The zero-order chi connectivity index (χ0) is 46.9. The normalized spacial score (nSPS) is 18.4. The quantitative estimate of drug-likeness (QED) is 0.0703. The Balaban J connectivity index is 0.000000149. The van der Waals surface area contributed by atoms with Gasteiger partial charge < -0.3 is 39.1 Å². The number of piperidine rings is 3. The highest BCUT2D eigenvalue weighted by atomic mass is 16.5. The average molecular weight is 905 g/mol. The second-order valence-corrected chi connectivity index (χ2v) is 15.8. The zero-order valence-electron chi connectivity index (χ0n) is 36.1. The van der Waals surface area contributed by atoms with Crippen molar-refractivity contribution in [3.63, 3.8) is 0 Å². The van der Waals surface area contributed by atoms with E-state index < -0.39 is 11.8 Å². The summed E-state index contributed by atoms with van der Waals surface area (Å²) in [6.45, 7) is 0.697. The van der Waals surface area contributed by atoms with Crippen molar-refractivity contribution in [1.29, 1.82) is 0 Å². The molecule has 19 nitrogen and oxygen atoms in total. The van der Waals surface area contributed by atoms with E-state index in [1.54, 1.807) is 73.4 Å². The maximum absolute atomic E-state index is 12.1. The molecule has 8 amide bonds. The Hall–Kier alpha value is -7.64. The number of methoxy groups -OCH3 is 2. The van der Waals surface area contributed by atoms with Crippen molar-refractivity contribution in [1.82, 2.24) is 16.0 Å². The summed E-state index contributed by atoms with van der Waals surface area (Å²) in [5.41, 5.74) is 11.8. The van der Waals surface area contributed by atoms with Crippen LogP contribution in [-0.2, 0) is 47.8 Å². The van der Waals surface area contributed by atoms with Gasteiger partial charge >= 0.3 is 0 Å². The van der Waals surface area contributed by atoms with E-state index in [-0.39, 0.29) is 66.0 Å². The van der Waals surface area contributed by atoms with Crippen LogP contribution in [0, 0.1) is 0 Å². The summed E-state index contributed by atoms with van der Waals surface area (Å²) in [4.78, 5) is 93.3. The van der Waals surface area contributed by atoms with Gasteiger partial charge in [0.15, 0.2) is 0 Å². The minimum Gasteiger partial charge on any atom is -0.464 e. The number of nitrogens with two attached hydrogens (primary N) is 1. The summed E-state index contributed by atoms with van der Waals surface area (Å²) in [5, 5.41) is 15.0. The molecule has 3 aromatic heterocycles. The third kappa shape index (κ3) is 11.0. The van der Waals surface area contributed by atoms with Gasteiger partial charge in [-0.1, -0.05) is 0 Å². The Kier molecular flexibility index (Phi) is 14.7. The van der Waals surface area contributed by atoms with Gasteiger partial charge in [-0.3, -0.25) is 54.3 Å². The van der Waals surface area contributed by atoms with Crippen molar-refractivity contribution in [2.45, 2.75) is 69.1 Å². The minimum atomic E-state index is -0.427. The summed E-state index contributed by atoms with van der Waals surface area (Å²) in [7, 11) is 3.08. The molecular formula is C47H48N6O13. The van der Waals surface area contributed by atoms with Crippen LogP contribution < -0.4 is 32.3 Å². The van der Waals surface area contributed by atoms with Gasteiger partial charge in [0, 0.05) is 83.4 Å². The number of amides is 8. The first-order valence-corrected chi connectivity index (χ1v) is 21.2. The number of carbonyl (C=O) groups excluding carboxylic acids is 8. The highest BCUT2D eigenvalue weighted by Crippen LogP contribution is 2.36. The molecule has 9 rings (SSSR count). The third-order valence-electron chi connectivity index (χ3n) is 11.3. The van der Waals surface area contributed by atoms with Crippen LogP contribution in [0.15, 0.2) is 86.6 Å². The molecule has 6 heterocycles. The van der Waals surface area contributed by atoms with Crippen molar-refractivity contribution in [3.8, 4) is 0 Å². The first-order chi connectivity index (χ1) is 31.8. The van der Waals surface area contributed by atoms with Gasteiger partial charge in [-0.15, -0.1) is 0 Å². The molecule has 3 fully saturated rings. The lowest BCUT2D eigenvalue weighted by molar-refractivity contribution is -0.135. The monoisotopic (exact) mass is 904 g/mol. The topological polar surface area (TPSA) is 281 Å². The fourth-order valence-corrected chi connectivity index (χ4v) is 7.94. The van der Waals surface area contributed by atoms with E-state index in [0.717, 1.165) is 32.8 Å². The molecule has 3 atom stereocenters. The summed E-state index contributed by atoms with van der Waals surface area (Å²) < 4.78 is 26.2. The first-order valence-electron chi connectivity index (χ1n) is 21.2. The number of hydrogen-bond donors (Lipinski definition) is 6. The molecule has 0 aliphatic carbocycles. The average Bonchev–Trinajstić information content (AvgIpc) is 4.02. The van der Waals surface area contributed by atoms with E-state index in [1.165, 1.54) is 14.2 Å². The predicted octanol–water partition coefficient (Wildman–Crippen LogP) is 5.39. The standard InChI is InChI=1S/2C17H18N2O5.C13H12N2O3/c2*1-23-7-6-16(21)18-10-2-4-14-12(8-10)13(9-24-14)11-3-5-15(20)19-17(11)22;14-7-1-3-11-9(5-7)10(6-18-11)8-2-4-12(16)15-13(8)17/h2*2,4,8-9,11H,3,5-7H2,1H3,(H,18,21)(H,19,20,22);1,3,5-6,8H,2,4,14H2,(H,15,16,17). The molecule has 0 saturated carbocycles. The Morgan fingerprint density at radius 1 is 0.561 bits per heavy atom. The van der Waals surface area contributed by atoms with E-state index in [2.05, 4.69) is 26.6 Å². The number of nitrogens with one attached hydrogen (secondary N) is 5. The smallest absolute Gasteiger partial charge is 0.234 e. The largest absolute Gasteiger partial charge is 0.464 e. The molecule has 3 saturated heterocycles. The van der Waals surface area contributed by atoms with Crippen LogP contribution in [0.5, 0.6) is 0 Å². The van der Waals surface area contributed by atoms with E-state index in [0.29, 0.717) is 85.5 Å². The molecule has 0 bridgehead atoms. The zero-order valence-corrected chi connectivity index (χ0v) is 36.1. The Morgan fingerprint density at radius 2 is 0.909 bits per heavy atom. The Morgan fingerprint density at radius 3 is 1.26 bits per heavy atom. The van der Waals surface area contributed by atoms with E-state index >= 15 is 0 Å². The molecular weight excluding hydrogens is 857 g/mol. The number of furan rings is 3. The van der Waals surface area contributed by atoms with Crippen molar-refractivity contribution >= 4 is 97.2 Å². The molecule has 3 aliphatic heterocycles. The Labute approximate surface area is 376 Å². The lowest BCUT2D eigenvalue weighted by Gasteiger charge is -2.19. The van der Waals surface area contributed by atoms with Crippen molar-refractivity contribution < 1.29 is 61.1 Å². The van der Waals surface area contributed by atoms with Crippen LogP contribution in [0.2, 0.25) is 0 Å². The van der Waals surface area contributed by atoms with Gasteiger partial charge in [0.05, 0.1) is 62.6 Å². The molecule has 3 aliphatic rings. The molecule has 3 unspecified atom stereocenters. The summed E-state index contributed by atoms with van der Waals surface area (Å²) in [6, 6.07) is 15.9. The van der Waals surface area contributed by atoms with Crippen LogP contribution in [0.4, 0.5) is 17.1 Å². The molecule has 19 heteroatoms. The lowest BCUT2D eigenvalue weighted by Crippen LogP contribution is -2.39. The number of benzene rings is 3. The van der Waals surface area contributed by atoms with Gasteiger partial charge in [0.25, 0.3) is 0 Å². The van der Waals surface area contributed by atoms with Gasteiger partial charge in [0.1, 0.15) is 16.7 Å². The maximum atomic E-state index is 12.1. The number of anilines is 3. The number of rotatable bonds is 11. The molecule has 0 spiro atoms. The number of hydrogen-bond acceptors (Lipinski definition) is 14. The number of fused-ring (bicyclic) bond motifs is 3. The predicted molar refractivity (Wildman–Crippen MR) is 239 cm³/mol. The number of imide groups is 3.